The third-order valence-electron chi connectivity index (χ3n) is 1.83. The first-order valence-corrected chi connectivity index (χ1v) is 4.77. The Morgan fingerprint density at radius 3 is 2.81 bits per heavy atom. The molecule has 0 unspecified atom stereocenters. The van der Waals surface area contributed by atoms with Crippen LogP contribution in [0.25, 0.3) is 0 Å². The van der Waals surface area contributed by atoms with Gasteiger partial charge in [0.2, 0.25) is 0 Å². The van der Waals surface area contributed by atoms with Gasteiger partial charge in [-0.05, 0) is 13.8 Å². The van der Waals surface area contributed by atoms with Crippen molar-refractivity contribution in [1.82, 2.24) is 9.97 Å². The van der Waals surface area contributed by atoms with Crippen molar-refractivity contribution in [1.29, 1.82) is 0 Å². The maximum Gasteiger partial charge on any atom is 0.356 e. The van der Waals surface area contributed by atoms with Gasteiger partial charge in [0, 0.05) is 7.11 Å². The molecular formula is C10H15N3O3. The first-order chi connectivity index (χ1) is 7.44. The molecule has 2 N–H and O–H groups in total. The maximum atomic E-state index is 10.7. The van der Waals surface area contributed by atoms with Crippen molar-refractivity contribution < 1.29 is 14.6 Å². The number of ether oxygens (including phenoxy) is 1. The summed E-state index contributed by atoms with van der Waals surface area (Å²) >= 11 is 0. The van der Waals surface area contributed by atoms with Crippen LogP contribution in [0.2, 0.25) is 0 Å². The molecule has 0 radical (unpaired) electrons. The Bertz CT molecular complexity index is 379. The van der Waals surface area contributed by atoms with E-state index in [-0.39, 0.29) is 11.2 Å². The standard InChI is InChI=1S/C10H15N3O3/c1-10(2,6-16-3)13-8-5-11-4-7(12-8)9(14)15/h4-5H,6H2,1-3H3,(H,12,13)(H,14,15). The van der Waals surface area contributed by atoms with Gasteiger partial charge in [0.05, 0.1) is 24.5 Å². The van der Waals surface area contributed by atoms with E-state index in [1.165, 1.54) is 12.4 Å². The summed E-state index contributed by atoms with van der Waals surface area (Å²) in [6, 6.07) is 0. The summed E-state index contributed by atoms with van der Waals surface area (Å²) in [4.78, 5) is 18.4. The van der Waals surface area contributed by atoms with Crippen LogP contribution in [-0.4, -0.2) is 40.3 Å². The Morgan fingerprint density at radius 2 is 2.25 bits per heavy atom. The number of methoxy groups -OCH3 is 1. The molecular weight excluding hydrogens is 210 g/mol. The van der Waals surface area contributed by atoms with Crippen molar-refractivity contribution >= 4 is 11.8 Å². The molecule has 1 aromatic heterocycles. The highest BCUT2D eigenvalue weighted by Crippen LogP contribution is 2.12. The highest BCUT2D eigenvalue weighted by atomic mass is 16.5. The number of anilines is 1. The van der Waals surface area contributed by atoms with Crippen LogP contribution < -0.4 is 5.32 Å². The lowest BCUT2D eigenvalue weighted by molar-refractivity contribution is 0.0690. The minimum atomic E-state index is -1.10. The number of aromatic nitrogens is 2. The van der Waals surface area contributed by atoms with Gasteiger partial charge in [-0.15, -0.1) is 0 Å². The van der Waals surface area contributed by atoms with Gasteiger partial charge in [-0.3, -0.25) is 4.98 Å². The third-order valence-corrected chi connectivity index (χ3v) is 1.83. The summed E-state index contributed by atoms with van der Waals surface area (Å²) < 4.78 is 5.03. The second kappa shape index (κ2) is 4.89. The summed E-state index contributed by atoms with van der Waals surface area (Å²) in [6.45, 7) is 4.32. The number of hydrogen-bond acceptors (Lipinski definition) is 5. The Hall–Kier alpha value is -1.69. The molecule has 16 heavy (non-hydrogen) atoms. The van der Waals surface area contributed by atoms with Crippen LogP contribution >= 0.6 is 0 Å². The lowest BCUT2D eigenvalue weighted by atomic mass is 10.1. The van der Waals surface area contributed by atoms with Gasteiger partial charge in [-0.25, -0.2) is 9.78 Å². The van der Waals surface area contributed by atoms with Crippen LogP contribution in [0.15, 0.2) is 12.4 Å². The number of carboxylic acid groups (broad SMARTS) is 1. The monoisotopic (exact) mass is 225 g/mol. The molecule has 0 aliphatic heterocycles. The van der Waals surface area contributed by atoms with Crippen LogP contribution in [0.5, 0.6) is 0 Å². The Labute approximate surface area is 93.7 Å². The van der Waals surface area contributed by atoms with Crippen LogP contribution in [0.4, 0.5) is 5.82 Å². The second-order valence-electron chi connectivity index (χ2n) is 4.04. The Balaban J connectivity index is 2.81. The molecule has 88 valence electrons. The number of nitrogens with zero attached hydrogens (tertiary/aromatic N) is 2. The number of hydrogen-bond donors (Lipinski definition) is 2. The van der Waals surface area contributed by atoms with Crippen molar-refractivity contribution in [3.8, 4) is 0 Å². The van der Waals surface area contributed by atoms with E-state index < -0.39 is 5.97 Å². The molecule has 0 aliphatic carbocycles. The quantitative estimate of drug-likeness (QED) is 0.778. The van der Waals surface area contributed by atoms with Crippen LogP contribution in [0, 0.1) is 0 Å². The zero-order valence-corrected chi connectivity index (χ0v) is 9.52. The highest BCUT2D eigenvalue weighted by Gasteiger charge is 2.18. The third kappa shape index (κ3) is 3.47. The SMILES string of the molecule is COCC(C)(C)Nc1cncc(C(=O)O)n1. The fourth-order valence-electron chi connectivity index (χ4n) is 1.27. The molecule has 0 atom stereocenters. The zero-order chi connectivity index (χ0) is 12.2. The minimum Gasteiger partial charge on any atom is -0.476 e. The average Bonchev–Trinajstić information content (AvgIpc) is 2.17. The number of aromatic carboxylic acids is 1. The molecule has 1 rings (SSSR count). The molecule has 0 aliphatic rings. The van der Waals surface area contributed by atoms with Crippen molar-refractivity contribution in [2.24, 2.45) is 0 Å². The van der Waals surface area contributed by atoms with E-state index in [9.17, 15) is 4.79 Å². The summed E-state index contributed by atoms with van der Waals surface area (Å²) in [6.07, 6.45) is 2.68. The van der Waals surface area contributed by atoms with Gasteiger partial charge in [-0.1, -0.05) is 0 Å². The number of carboxylic acids is 1. The van der Waals surface area contributed by atoms with Gasteiger partial charge in [-0.2, -0.15) is 0 Å². The van der Waals surface area contributed by atoms with Crippen molar-refractivity contribution in [2.75, 3.05) is 19.0 Å². The molecule has 0 fully saturated rings. The fourth-order valence-corrected chi connectivity index (χ4v) is 1.27. The number of nitrogens with one attached hydrogen (secondary N) is 1. The predicted octanol–water partition coefficient (Wildman–Crippen LogP) is 1.01. The summed E-state index contributed by atoms with van der Waals surface area (Å²) in [5, 5.41) is 11.8. The smallest absolute Gasteiger partial charge is 0.356 e. The molecule has 0 amide bonds. The molecule has 0 aromatic carbocycles. The normalized spacial score (nSPS) is 11.2. The van der Waals surface area contributed by atoms with Crippen molar-refractivity contribution in [3.63, 3.8) is 0 Å². The topological polar surface area (TPSA) is 84.3 Å². The van der Waals surface area contributed by atoms with E-state index >= 15 is 0 Å². The van der Waals surface area contributed by atoms with Gasteiger partial charge in [0.1, 0.15) is 5.82 Å². The van der Waals surface area contributed by atoms with Crippen LogP contribution in [-0.2, 0) is 4.74 Å². The van der Waals surface area contributed by atoms with Crippen molar-refractivity contribution in [2.45, 2.75) is 19.4 Å². The van der Waals surface area contributed by atoms with E-state index in [2.05, 4.69) is 15.3 Å². The predicted molar refractivity (Wildman–Crippen MR) is 58.6 cm³/mol. The van der Waals surface area contributed by atoms with E-state index in [0.29, 0.717) is 12.4 Å². The van der Waals surface area contributed by atoms with Gasteiger partial charge >= 0.3 is 5.97 Å². The van der Waals surface area contributed by atoms with Gasteiger partial charge in [0.15, 0.2) is 5.69 Å². The summed E-state index contributed by atoms with van der Waals surface area (Å²) in [5.41, 5.74) is -0.418. The molecule has 0 spiro atoms. The average molecular weight is 225 g/mol. The molecule has 0 saturated carbocycles. The molecule has 6 nitrogen and oxygen atoms in total. The molecule has 1 heterocycles. The number of carbonyl (C=O) groups is 1. The lowest BCUT2D eigenvalue weighted by Gasteiger charge is -2.25. The Kier molecular flexibility index (Phi) is 3.78. The van der Waals surface area contributed by atoms with E-state index in [1.54, 1.807) is 7.11 Å². The molecule has 0 bridgehead atoms. The summed E-state index contributed by atoms with van der Waals surface area (Å²) in [7, 11) is 1.60. The fraction of sp³-hybridized carbons (Fsp3) is 0.500. The maximum absolute atomic E-state index is 10.7. The minimum absolute atomic E-state index is 0.0850. The van der Waals surface area contributed by atoms with E-state index in [4.69, 9.17) is 9.84 Å². The van der Waals surface area contributed by atoms with E-state index in [1.807, 2.05) is 13.8 Å². The molecule has 1 aromatic rings. The largest absolute Gasteiger partial charge is 0.476 e. The van der Waals surface area contributed by atoms with Crippen LogP contribution in [0.1, 0.15) is 24.3 Å². The highest BCUT2D eigenvalue weighted by molar-refractivity contribution is 5.85. The zero-order valence-electron chi connectivity index (χ0n) is 9.52. The van der Waals surface area contributed by atoms with Gasteiger partial charge in [0.25, 0.3) is 0 Å². The molecule has 0 saturated heterocycles. The molecule has 6 heteroatoms. The van der Waals surface area contributed by atoms with Crippen molar-refractivity contribution in [3.05, 3.63) is 18.1 Å². The van der Waals surface area contributed by atoms with E-state index in [0.717, 1.165) is 0 Å². The second-order valence-corrected chi connectivity index (χ2v) is 4.04. The van der Waals surface area contributed by atoms with Gasteiger partial charge < -0.3 is 15.2 Å². The number of rotatable bonds is 5. The lowest BCUT2D eigenvalue weighted by Crippen LogP contribution is -2.36. The van der Waals surface area contributed by atoms with Crippen LogP contribution in [0.3, 0.4) is 0 Å². The first-order valence-electron chi connectivity index (χ1n) is 4.77. The first kappa shape index (κ1) is 12.4. The summed E-state index contributed by atoms with van der Waals surface area (Å²) in [5.74, 6) is -0.678. The Morgan fingerprint density at radius 1 is 1.56 bits per heavy atom.